The van der Waals surface area contributed by atoms with Gasteiger partial charge in [-0.15, -0.1) is 24.8 Å². The fourth-order valence-corrected chi connectivity index (χ4v) is 7.17. The summed E-state index contributed by atoms with van der Waals surface area (Å²) in [6.45, 7) is 27.1. The van der Waals surface area contributed by atoms with Crippen LogP contribution in [-0.2, 0) is 33.4 Å². The lowest BCUT2D eigenvalue weighted by atomic mass is 10.1. The highest BCUT2D eigenvalue weighted by Gasteiger charge is 2.06. The number of esters is 2. The molecule has 1 aromatic carbocycles. The molecule has 0 saturated heterocycles. The number of aliphatic hydroxyl groups is 1. The molecule has 16 nitrogen and oxygen atoms in total. The standard InChI is InChI=1S/C17H25ClN2O2.C11H23NO.C11H21NO.C10H21NO.C7H13NO2.C6H13NO2.2ClH/c1-2-3-4-5-10-16(21)11-7-12-19-17(22)20-15-9-6-8-14(18)13-15;2*1-3-4-5-6-8-11(13)9-7-10-12-2;1-2-3-4-5-7-10(12)8-6-9-11;1-3-10-7(9)5-4-6-8-2;1-2-9-6(8)4-3-5-7;;/h6,8-9,13H,2-5,7,10-12H2,1H3,(H2,19,20,22);11,13H,2-10H2,1H3;2-10H2,1H3;2-9,11H2,1H3;2-6H2,1H3;2-5,7H2,1H3;2*1H. The van der Waals surface area contributed by atoms with Crippen molar-refractivity contribution in [1.82, 2.24) is 5.32 Å². The molecule has 1 unspecified atom stereocenters. The number of anilines is 1. The van der Waals surface area contributed by atoms with Crippen molar-refractivity contribution in [3.63, 3.8) is 0 Å². The SMILES string of the molecule is C=NCCCC(=O)CCCCCC.C=NCCCC(=O)OCC.C=NCCCC(O)CCCCCC.CCCCCCC(=O)CCCN.CCCCCCC(=O)CCCNC(=O)Nc1cccc(Cl)c1.CCOC(=O)CCCN.Cl.Cl. The maximum Gasteiger partial charge on any atom is 0.319 e. The summed E-state index contributed by atoms with van der Waals surface area (Å²) in [6, 6.07) is 6.69. The number of Topliss-reactive ketones (excluding diaryl/α,β-unsaturated/α-hetero) is 3. The van der Waals surface area contributed by atoms with Gasteiger partial charge in [0.1, 0.15) is 17.3 Å². The molecule has 0 aliphatic carbocycles. The van der Waals surface area contributed by atoms with E-state index in [1.54, 1.807) is 38.1 Å². The first-order valence-corrected chi connectivity index (χ1v) is 30.6. The van der Waals surface area contributed by atoms with E-state index in [4.69, 9.17) is 23.1 Å². The smallest absolute Gasteiger partial charge is 0.319 e. The van der Waals surface area contributed by atoms with Gasteiger partial charge in [0.25, 0.3) is 0 Å². The summed E-state index contributed by atoms with van der Waals surface area (Å²) in [7, 11) is 0. The Morgan fingerprint density at radius 1 is 0.519 bits per heavy atom. The van der Waals surface area contributed by atoms with E-state index in [-0.39, 0.29) is 54.7 Å². The molecule has 0 aliphatic heterocycles. The highest BCUT2D eigenvalue weighted by atomic mass is 35.5. The Bertz CT molecular complexity index is 1600. The zero-order chi connectivity index (χ0) is 60.3. The second-order valence-corrected chi connectivity index (χ2v) is 19.6. The van der Waals surface area contributed by atoms with Gasteiger partial charge in [0.15, 0.2) is 0 Å². The number of amides is 2. The summed E-state index contributed by atoms with van der Waals surface area (Å²) in [6.07, 6.45) is 30.5. The molecule has 7 N–H and O–H groups in total. The second-order valence-electron chi connectivity index (χ2n) is 19.1. The molecule has 0 fully saturated rings. The lowest BCUT2D eigenvalue weighted by Gasteiger charge is -2.08. The third kappa shape index (κ3) is 85.1. The quantitative estimate of drug-likeness (QED) is 0.0233. The van der Waals surface area contributed by atoms with Gasteiger partial charge < -0.3 is 51.7 Å². The number of carbonyl (C=O) groups excluding carboxylic acids is 6. The van der Waals surface area contributed by atoms with Crippen molar-refractivity contribution >= 4 is 97.6 Å². The molecule has 1 rings (SSSR count). The van der Waals surface area contributed by atoms with Crippen LogP contribution in [0.15, 0.2) is 39.2 Å². The molecule has 2 amide bonds. The van der Waals surface area contributed by atoms with Crippen LogP contribution < -0.4 is 22.1 Å². The second kappa shape index (κ2) is 78.3. The number of halogens is 3. The summed E-state index contributed by atoms with van der Waals surface area (Å²) in [5, 5.41) is 15.5. The normalized spacial score (nSPS) is 10.0. The van der Waals surface area contributed by atoms with Crippen LogP contribution in [0, 0.1) is 0 Å². The number of hydrogen-bond acceptors (Lipinski definition) is 14. The number of rotatable bonds is 45. The lowest BCUT2D eigenvalue weighted by Crippen LogP contribution is -2.29. The minimum Gasteiger partial charge on any atom is -0.466 e. The van der Waals surface area contributed by atoms with Gasteiger partial charge in [0.05, 0.1) is 19.3 Å². The number of carbonyl (C=O) groups is 6. The molecule has 476 valence electrons. The Labute approximate surface area is 510 Å². The summed E-state index contributed by atoms with van der Waals surface area (Å²) < 4.78 is 9.34. The van der Waals surface area contributed by atoms with E-state index in [2.05, 4.69) is 82.9 Å². The van der Waals surface area contributed by atoms with E-state index in [1.807, 2.05) is 0 Å². The van der Waals surface area contributed by atoms with Crippen LogP contribution in [-0.4, -0.2) is 119 Å². The van der Waals surface area contributed by atoms with Crippen molar-refractivity contribution in [3.8, 4) is 0 Å². The largest absolute Gasteiger partial charge is 0.466 e. The van der Waals surface area contributed by atoms with Crippen molar-refractivity contribution in [2.45, 2.75) is 253 Å². The fourth-order valence-electron chi connectivity index (χ4n) is 6.98. The molecule has 0 heterocycles. The van der Waals surface area contributed by atoms with Gasteiger partial charge in [-0.3, -0.25) is 24.0 Å². The van der Waals surface area contributed by atoms with E-state index in [0.717, 1.165) is 103 Å². The highest BCUT2D eigenvalue weighted by Crippen LogP contribution is 2.15. The highest BCUT2D eigenvalue weighted by molar-refractivity contribution is 6.30. The van der Waals surface area contributed by atoms with Gasteiger partial charge in [-0.2, -0.15) is 0 Å². The number of nitrogens with two attached hydrogens (primary N) is 2. The maximum absolute atomic E-state index is 11.7. The van der Waals surface area contributed by atoms with Gasteiger partial charge in [0.2, 0.25) is 0 Å². The molecule has 1 aromatic rings. The summed E-state index contributed by atoms with van der Waals surface area (Å²) >= 11 is 5.84. The number of aliphatic imine (C=N–C) groups is 3. The van der Waals surface area contributed by atoms with E-state index >= 15 is 0 Å². The predicted molar refractivity (Wildman–Crippen MR) is 349 cm³/mol. The first-order valence-electron chi connectivity index (χ1n) is 30.2. The average molecular weight is 1210 g/mol. The molecule has 0 aliphatic rings. The molecule has 81 heavy (non-hydrogen) atoms. The average Bonchev–Trinajstić information content (AvgIpc) is 3.42. The van der Waals surface area contributed by atoms with Gasteiger partial charge >= 0.3 is 18.0 Å². The Hall–Kier alpha value is -3.80. The third-order valence-electron chi connectivity index (χ3n) is 11.5. The molecule has 0 bridgehead atoms. The molecule has 0 spiro atoms. The van der Waals surface area contributed by atoms with Gasteiger partial charge in [-0.25, -0.2) is 4.79 Å². The summed E-state index contributed by atoms with van der Waals surface area (Å²) in [5.41, 5.74) is 11.1. The van der Waals surface area contributed by atoms with Crippen molar-refractivity contribution in [2.75, 3.05) is 57.8 Å². The number of nitrogens with zero attached hydrogens (tertiary/aromatic N) is 3. The minimum atomic E-state index is -0.280. The Balaban J connectivity index is -0.000000166. The van der Waals surface area contributed by atoms with Crippen LogP contribution in [0.2, 0.25) is 5.02 Å². The molecule has 0 aromatic heterocycles. The van der Waals surface area contributed by atoms with E-state index < -0.39 is 0 Å². The van der Waals surface area contributed by atoms with Crippen LogP contribution in [0.25, 0.3) is 0 Å². The Kier molecular flexibility index (Phi) is 87.9. The molecule has 0 saturated carbocycles. The topological polar surface area (TPSA) is 254 Å². The van der Waals surface area contributed by atoms with Gasteiger partial charge in [0, 0.05) is 88.3 Å². The zero-order valence-corrected chi connectivity index (χ0v) is 54.1. The van der Waals surface area contributed by atoms with Crippen molar-refractivity contribution in [1.29, 1.82) is 0 Å². The predicted octanol–water partition coefficient (Wildman–Crippen LogP) is 15.0. The third-order valence-corrected chi connectivity index (χ3v) is 11.7. The number of hydrogen-bond donors (Lipinski definition) is 5. The fraction of sp³-hybridized carbons (Fsp3) is 0.758. The summed E-state index contributed by atoms with van der Waals surface area (Å²) in [4.78, 5) is 77.9. The van der Waals surface area contributed by atoms with Crippen molar-refractivity contribution < 1.29 is 43.3 Å². The van der Waals surface area contributed by atoms with Crippen molar-refractivity contribution in [3.05, 3.63) is 29.3 Å². The molecular formula is C62H118Cl3N7O9. The Morgan fingerprint density at radius 3 is 1.31 bits per heavy atom. The van der Waals surface area contributed by atoms with Crippen LogP contribution in [0.4, 0.5) is 10.5 Å². The number of unbranched alkanes of at least 4 members (excludes halogenated alkanes) is 12. The number of aliphatic hydroxyl groups excluding tert-OH is 1. The Morgan fingerprint density at radius 2 is 0.889 bits per heavy atom. The van der Waals surface area contributed by atoms with Gasteiger partial charge in [-0.05, 0) is 136 Å². The number of nitrogens with one attached hydrogen (secondary N) is 2. The lowest BCUT2D eigenvalue weighted by molar-refractivity contribution is -0.144. The van der Waals surface area contributed by atoms with Crippen molar-refractivity contribution in [2.24, 2.45) is 26.4 Å². The molecular weight excluding hydrogens is 1090 g/mol. The number of benzene rings is 1. The zero-order valence-electron chi connectivity index (χ0n) is 51.7. The molecule has 0 radical (unpaired) electrons. The van der Waals surface area contributed by atoms with Crippen LogP contribution in [0.3, 0.4) is 0 Å². The molecule has 19 heteroatoms. The number of urea groups is 1. The van der Waals surface area contributed by atoms with Crippen LogP contribution in [0.5, 0.6) is 0 Å². The first kappa shape index (κ1) is 91.0. The van der Waals surface area contributed by atoms with E-state index in [1.165, 1.54) is 70.6 Å². The summed E-state index contributed by atoms with van der Waals surface area (Å²) in [5.74, 6) is 0.763. The monoisotopic (exact) mass is 1210 g/mol. The van der Waals surface area contributed by atoms with Gasteiger partial charge in [-0.1, -0.05) is 129 Å². The van der Waals surface area contributed by atoms with E-state index in [9.17, 15) is 33.9 Å². The van der Waals surface area contributed by atoms with Crippen LogP contribution in [0.1, 0.15) is 247 Å². The maximum atomic E-state index is 11.7. The van der Waals surface area contributed by atoms with Crippen LogP contribution >= 0.6 is 36.4 Å². The minimum absolute atomic E-state index is 0. The number of ketones is 3. The van der Waals surface area contributed by atoms with E-state index in [0.29, 0.717) is 107 Å². The number of ether oxygens (including phenoxy) is 2. The molecule has 1 atom stereocenters. The first-order chi connectivity index (χ1) is 38.2.